The fourth-order valence-electron chi connectivity index (χ4n) is 3.88. The second-order valence-electron chi connectivity index (χ2n) is 7.74. The van der Waals surface area contributed by atoms with Crippen molar-refractivity contribution < 1.29 is 9.59 Å². The van der Waals surface area contributed by atoms with Gasteiger partial charge in [0.1, 0.15) is 5.01 Å². The Balaban J connectivity index is 1.35. The molecule has 160 valence electrons. The molecule has 0 radical (unpaired) electrons. The van der Waals surface area contributed by atoms with Crippen LogP contribution >= 0.6 is 11.3 Å². The molecule has 1 aromatic carbocycles. The predicted molar refractivity (Wildman–Crippen MR) is 119 cm³/mol. The average Bonchev–Trinajstić information content (AvgIpc) is 3.23. The lowest BCUT2D eigenvalue weighted by Gasteiger charge is -2.27. The molecule has 1 saturated carbocycles. The number of carbonyl (C=O) groups excluding carboxylic acids is 2. The molecule has 1 fully saturated rings. The molecule has 0 aliphatic heterocycles. The molecule has 31 heavy (non-hydrogen) atoms. The molecule has 2 amide bonds. The number of hydrogen-bond acceptors (Lipinski definition) is 7. The summed E-state index contributed by atoms with van der Waals surface area (Å²) in [6, 6.07) is 13.4. The molecule has 1 aliphatic rings. The van der Waals surface area contributed by atoms with Crippen LogP contribution in [0, 0.1) is 0 Å². The van der Waals surface area contributed by atoms with Crippen molar-refractivity contribution in [3.63, 3.8) is 0 Å². The van der Waals surface area contributed by atoms with Gasteiger partial charge in [-0.25, -0.2) is 0 Å². The molecular weight excluding hydrogens is 412 g/mol. The Hall–Kier alpha value is -3.20. The minimum Gasteiger partial charge on any atom is -0.309 e. The van der Waals surface area contributed by atoms with Crippen molar-refractivity contribution in [1.29, 1.82) is 0 Å². The van der Waals surface area contributed by atoms with E-state index in [0.29, 0.717) is 23.3 Å². The van der Waals surface area contributed by atoms with Crippen LogP contribution < -0.4 is 10.6 Å². The normalized spacial score (nSPS) is 18.4. The lowest BCUT2D eigenvalue weighted by atomic mass is 9.80. The summed E-state index contributed by atoms with van der Waals surface area (Å²) in [4.78, 5) is 23.4. The molecule has 0 saturated heterocycles. The molecule has 3 aromatic rings. The third-order valence-electron chi connectivity index (χ3n) is 5.33. The van der Waals surface area contributed by atoms with Crippen molar-refractivity contribution in [3.8, 4) is 0 Å². The smallest absolute Gasteiger partial charge is 0.229 e. The molecule has 2 atom stereocenters. The van der Waals surface area contributed by atoms with Crippen molar-refractivity contribution in [1.82, 2.24) is 20.4 Å². The molecular formula is C22H24N6O2S. The second-order valence-corrected chi connectivity index (χ2v) is 8.75. The molecule has 8 nitrogen and oxygen atoms in total. The molecule has 2 heterocycles. The van der Waals surface area contributed by atoms with E-state index in [2.05, 4.69) is 31.0 Å². The lowest BCUT2D eigenvalue weighted by molar-refractivity contribution is -0.116. The first-order valence-electron chi connectivity index (χ1n) is 10.3. The van der Waals surface area contributed by atoms with Gasteiger partial charge in [0.2, 0.25) is 16.9 Å². The van der Waals surface area contributed by atoms with Crippen LogP contribution in [0.2, 0.25) is 0 Å². The van der Waals surface area contributed by atoms with Crippen LogP contribution in [0.1, 0.15) is 60.7 Å². The lowest BCUT2D eigenvalue weighted by Crippen LogP contribution is -2.17. The topological polar surface area (TPSA) is 110 Å². The highest BCUT2D eigenvalue weighted by Crippen LogP contribution is 2.41. The fraction of sp³-hybridized carbons (Fsp3) is 0.364. The van der Waals surface area contributed by atoms with Crippen molar-refractivity contribution in [2.24, 2.45) is 0 Å². The Kier molecular flexibility index (Phi) is 6.61. The first kappa shape index (κ1) is 21.0. The van der Waals surface area contributed by atoms with Crippen molar-refractivity contribution >= 4 is 34.1 Å². The summed E-state index contributed by atoms with van der Waals surface area (Å²) < 4.78 is 0. The highest BCUT2D eigenvalue weighted by Gasteiger charge is 2.28. The van der Waals surface area contributed by atoms with Gasteiger partial charge in [-0.3, -0.25) is 9.59 Å². The Morgan fingerprint density at radius 2 is 1.77 bits per heavy atom. The molecule has 9 heteroatoms. The Labute approximate surface area is 184 Å². The van der Waals surface area contributed by atoms with Crippen LogP contribution in [0.15, 0.2) is 42.5 Å². The van der Waals surface area contributed by atoms with E-state index < -0.39 is 0 Å². The number of hydrogen-bond donors (Lipinski definition) is 2. The Morgan fingerprint density at radius 1 is 0.968 bits per heavy atom. The van der Waals surface area contributed by atoms with Gasteiger partial charge in [-0.1, -0.05) is 48.1 Å². The van der Waals surface area contributed by atoms with Gasteiger partial charge in [0.15, 0.2) is 5.82 Å². The summed E-state index contributed by atoms with van der Waals surface area (Å²) in [5, 5.41) is 23.9. The van der Waals surface area contributed by atoms with E-state index >= 15 is 0 Å². The van der Waals surface area contributed by atoms with E-state index in [1.165, 1.54) is 18.3 Å². The minimum atomic E-state index is -0.143. The highest BCUT2D eigenvalue weighted by molar-refractivity contribution is 7.15. The predicted octanol–water partition coefficient (Wildman–Crippen LogP) is 3.91. The van der Waals surface area contributed by atoms with Crippen molar-refractivity contribution in [3.05, 3.63) is 58.7 Å². The van der Waals surface area contributed by atoms with Gasteiger partial charge in [0.05, 0.1) is 12.1 Å². The third-order valence-corrected chi connectivity index (χ3v) is 6.33. The number of nitrogens with one attached hydrogen (secondary N) is 2. The largest absolute Gasteiger partial charge is 0.309 e. The number of benzene rings is 1. The maximum absolute atomic E-state index is 12.2. The standard InChI is InChI=1S/C22H24N6O2S/c1-14(29)23-22-28-27-21(31-22)17-9-5-8-16(13-17)18-10-11-19(26-25-18)24-20(30)12-15-6-3-2-4-7-15/h2-4,6-7,10-11,16-17H,5,8-9,12-13H2,1H3,(H,23,28,29)(H,24,26,30). The maximum Gasteiger partial charge on any atom is 0.229 e. The molecule has 1 aliphatic carbocycles. The molecule has 2 aromatic heterocycles. The Bertz CT molecular complexity index is 1040. The van der Waals surface area contributed by atoms with Crippen LogP contribution in [-0.4, -0.2) is 32.2 Å². The van der Waals surface area contributed by atoms with Crippen molar-refractivity contribution in [2.45, 2.75) is 50.9 Å². The van der Waals surface area contributed by atoms with Gasteiger partial charge in [0.25, 0.3) is 0 Å². The molecule has 2 unspecified atom stereocenters. The van der Waals surface area contributed by atoms with Gasteiger partial charge < -0.3 is 10.6 Å². The Morgan fingerprint density at radius 3 is 2.52 bits per heavy atom. The number of rotatable bonds is 6. The SMILES string of the molecule is CC(=O)Nc1nnc(C2CCCC(c3ccc(NC(=O)Cc4ccccc4)nn3)C2)s1. The van der Waals surface area contributed by atoms with E-state index in [-0.39, 0.29) is 17.7 Å². The average molecular weight is 437 g/mol. The van der Waals surface area contributed by atoms with E-state index in [4.69, 9.17) is 0 Å². The van der Waals surface area contributed by atoms with E-state index in [0.717, 1.165) is 41.9 Å². The van der Waals surface area contributed by atoms with Gasteiger partial charge >= 0.3 is 0 Å². The number of aromatic nitrogens is 4. The quantitative estimate of drug-likeness (QED) is 0.606. The monoisotopic (exact) mass is 436 g/mol. The summed E-state index contributed by atoms with van der Waals surface area (Å²) in [6.45, 7) is 1.46. The zero-order chi connectivity index (χ0) is 21.6. The summed E-state index contributed by atoms with van der Waals surface area (Å²) >= 11 is 1.44. The van der Waals surface area contributed by atoms with Crippen LogP contribution in [0.25, 0.3) is 0 Å². The van der Waals surface area contributed by atoms with E-state index in [9.17, 15) is 9.59 Å². The third kappa shape index (κ3) is 5.69. The van der Waals surface area contributed by atoms with Gasteiger partial charge in [-0.2, -0.15) is 5.10 Å². The second kappa shape index (κ2) is 9.74. The van der Waals surface area contributed by atoms with Gasteiger partial charge in [-0.15, -0.1) is 15.3 Å². The first-order chi connectivity index (χ1) is 15.1. The minimum absolute atomic E-state index is 0.114. The van der Waals surface area contributed by atoms with Crippen LogP contribution in [-0.2, 0) is 16.0 Å². The number of nitrogens with zero attached hydrogens (tertiary/aromatic N) is 4. The van der Waals surface area contributed by atoms with Crippen molar-refractivity contribution in [2.75, 3.05) is 10.6 Å². The van der Waals surface area contributed by atoms with E-state index in [1.807, 2.05) is 42.5 Å². The highest BCUT2D eigenvalue weighted by atomic mass is 32.1. The zero-order valence-corrected chi connectivity index (χ0v) is 18.1. The first-order valence-corrected chi connectivity index (χ1v) is 11.2. The van der Waals surface area contributed by atoms with Gasteiger partial charge in [0, 0.05) is 18.8 Å². The summed E-state index contributed by atoms with van der Waals surface area (Å²) in [7, 11) is 0. The zero-order valence-electron chi connectivity index (χ0n) is 17.2. The maximum atomic E-state index is 12.2. The summed E-state index contributed by atoms with van der Waals surface area (Å²) in [6.07, 6.45) is 4.39. The van der Waals surface area contributed by atoms with Crippen LogP contribution in [0.4, 0.5) is 10.9 Å². The molecule has 0 spiro atoms. The molecule has 4 rings (SSSR count). The molecule has 0 bridgehead atoms. The fourth-order valence-corrected chi connectivity index (χ4v) is 4.82. The summed E-state index contributed by atoms with van der Waals surface area (Å²) in [5.74, 6) is 0.785. The number of anilines is 2. The van der Waals surface area contributed by atoms with Gasteiger partial charge in [-0.05, 0) is 37.0 Å². The number of carbonyl (C=O) groups is 2. The summed E-state index contributed by atoms with van der Waals surface area (Å²) in [5.41, 5.74) is 1.88. The van der Waals surface area contributed by atoms with E-state index in [1.54, 1.807) is 0 Å². The van der Waals surface area contributed by atoms with Crippen LogP contribution in [0.5, 0.6) is 0 Å². The number of amides is 2. The molecule has 2 N–H and O–H groups in total. The van der Waals surface area contributed by atoms with Crippen LogP contribution in [0.3, 0.4) is 0 Å².